The van der Waals surface area contributed by atoms with Gasteiger partial charge in [0.25, 0.3) is 0 Å². The number of fused-ring (bicyclic) bond motifs is 1. The third-order valence-corrected chi connectivity index (χ3v) is 7.03. The number of rotatable bonds is 7. The van der Waals surface area contributed by atoms with Crippen molar-refractivity contribution in [2.45, 2.75) is 19.4 Å². The van der Waals surface area contributed by atoms with E-state index < -0.39 is 5.92 Å². The lowest BCUT2D eigenvalue weighted by Crippen LogP contribution is -2.35. The van der Waals surface area contributed by atoms with E-state index in [0.29, 0.717) is 16.6 Å². The summed E-state index contributed by atoms with van der Waals surface area (Å²) in [5.74, 6) is 0.837. The Hall–Kier alpha value is -3.90. The molecule has 0 unspecified atom stereocenters. The number of aromatic nitrogens is 1. The number of hydrogen-bond donors (Lipinski definition) is 0. The molecule has 170 valence electrons. The summed E-state index contributed by atoms with van der Waals surface area (Å²) in [5.41, 5.74) is 3.71. The molecule has 5 rings (SSSR count). The van der Waals surface area contributed by atoms with Crippen LogP contribution in [0.4, 0.5) is 5.13 Å². The number of anilines is 1. The Morgan fingerprint density at radius 3 is 2.24 bits per heavy atom. The van der Waals surface area contributed by atoms with Crippen molar-refractivity contribution in [3.63, 3.8) is 0 Å². The lowest BCUT2D eigenvalue weighted by Gasteiger charge is -2.25. The molecule has 1 amide bonds. The Balaban J connectivity index is 1.65. The SMILES string of the molecule is COc1ccc(C)c2sc(N(Cc3ccco3)C(=O)C(c3ccccc3)c3ccccc3)nc12. The summed E-state index contributed by atoms with van der Waals surface area (Å²) in [7, 11) is 1.63. The first-order valence-electron chi connectivity index (χ1n) is 11.0. The number of methoxy groups -OCH3 is 1. The molecule has 2 heterocycles. The van der Waals surface area contributed by atoms with Gasteiger partial charge < -0.3 is 9.15 Å². The minimum absolute atomic E-state index is 0.0653. The number of thiazole rings is 1. The molecule has 0 spiro atoms. The molecule has 0 aliphatic heterocycles. The van der Waals surface area contributed by atoms with E-state index in [0.717, 1.165) is 26.9 Å². The van der Waals surface area contributed by atoms with Crippen molar-refractivity contribution in [3.05, 3.63) is 114 Å². The van der Waals surface area contributed by atoms with E-state index in [1.807, 2.05) is 91.9 Å². The van der Waals surface area contributed by atoms with E-state index in [1.54, 1.807) is 18.3 Å². The molecule has 0 saturated heterocycles. The van der Waals surface area contributed by atoms with Gasteiger partial charge in [0.05, 0.1) is 30.5 Å². The minimum Gasteiger partial charge on any atom is -0.494 e. The van der Waals surface area contributed by atoms with Crippen molar-refractivity contribution < 1.29 is 13.9 Å². The summed E-state index contributed by atoms with van der Waals surface area (Å²) in [6.45, 7) is 2.32. The zero-order valence-corrected chi connectivity index (χ0v) is 19.8. The van der Waals surface area contributed by atoms with Crippen molar-refractivity contribution in [2.24, 2.45) is 0 Å². The lowest BCUT2D eigenvalue weighted by molar-refractivity contribution is -0.119. The third-order valence-electron chi connectivity index (χ3n) is 5.82. The predicted molar refractivity (Wildman–Crippen MR) is 136 cm³/mol. The second-order valence-electron chi connectivity index (χ2n) is 8.02. The zero-order chi connectivity index (χ0) is 23.5. The molecule has 0 aliphatic rings. The summed E-state index contributed by atoms with van der Waals surface area (Å²) >= 11 is 1.49. The van der Waals surface area contributed by atoms with Gasteiger partial charge in [-0.1, -0.05) is 78.1 Å². The van der Waals surface area contributed by atoms with Crippen LogP contribution in [0.25, 0.3) is 10.2 Å². The first-order chi connectivity index (χ1) is 16.7. The minimum atomic E-state index is -0.479. The van der Waals surface area contributed by atoms with Crippen molar-refractivity contribution in [3.8, 4) is 5.75 Å². The second kappa shape index (κ2) is 9.53. The van der Waals surface area contributed by atoms with E-state index in [2.05, 4.69) is 0 Å². The van der Waals surface area contributed by atoms with Crippen LogP contribution >= 0.6 is 11.3 Å². The lowest BCUT2D eigenvalue weighted by atomic mass is 9.90. The normalized spacial score (nSPS) is 11.1. The number of carbonyl (C=O) groups excluding carboxylic acids is 1. The molecule has 0 N–H and O–H groups in total. The Morgan fingerprint density at radius 1 is 0.971 bits per heavy atom. The summed E-state index contributed by atoms with van der Waals surface area (Å²) in [4.78, 5) is 20.9. The van der Waals surface area contributed by atoms with Crippen LogP contribution in [0.3, 0.4) is 0 Å². The van der Waals surface area contributed by atoms with Gasteiger partial charge in [0.2, 0.25) is 5.91 Å². The average Bonchev–Trinajstić information content (AvgIpc) is 3.55. The number of hydrogen-bond acceptors (Lipinski definition) is 5. The summed E-state index contributed by atoms with van der Waals surface area (Å²) in [6, 6.07) is 27.4. The smallest absolute Gasteiger partial charge is 0.241 e. The van der Waals surface area contributed by atoms with E-state index in [-0.39, 0.29) is 12.5 Å². The molecule has 6 heteroatoms. The number of benzene rings is 3. The fourth-order valence-electron chi connectivity index (χ4n) is 4.10. The fourth-order valence-corrected chi connectivity index (χ4v) is 5.16. The van der Waals surface area contributed by atoms with Crippen molar-refractivity contribution in [1.82, 2.24) is 4.98 Å². The average molecular weight is 469 g/mol. The number of furan rings is 1. The van der Waals surface area contributed by atoms with E-state index >= 15 is 0 Å². The van der Waals surface area contributed by atoms with Crippen molar-refractivity contribution in [1.29, 1.82) is 0 Å². The third kappa shape index (κ3) is 4.20. The highest BCUT2D eigenvalue weighted by molar-refractivity contribution is 7.22. The van der Waals surface area contributed by atoms with E-state index in [4.69, 9.17) is 14.1 Å². The van der Waals surface area contributed by atoms with Gasteiger partial charge >= 0.3 is 0 Å². The standard InChI is InChI=1S/C28H24N2O3S/c1-19-15-16-23(32-2)25-26(19)34-28(29-25)30(18-22-14-9-17-33-22)27(31)24(20-10-5-3-6-11-20)21-12-7-4-8-13-21/h3-17,24H,18H2,1-2H3. The number of carbonyl (C=O) groups is 1. The second-order valence-corrected chi connectivity index (χ2v) is 8.99. The van der Waals surface area contributed by atoms with Crippen LogP contribution in [0, 0.1) is 6.92 Å². The number of ether oxygens (including phenoxy) is 1. The maximum absolute atomic E-state index is 14.3. The van der Waals surface area contributed by atoms with E-state index in [9.17, 15) is 4.79 Å². The monoisotopic (exact) mass is 468 g/mol. The largest absolute Gasteiger partial charge is 0.494 e. The number of aryl methyl sites for hydroxylation is 1. The van der Waals surface area contributed by atoms with E-state index in [1.165, 1.54) is 11.3 Å². The van der Waals surface area contributed by atoms with Crippen molar-refractivity contribution in [2.75, 3.05) is 12.0 Å². The molecule has 5 nitrogen and oxygen atoms in total. The van der Waals surface area contributed by atoms with Crippen molar-refractivity contribution >= 4 is 32.6 Å². The molecular formula is C28H24N2O3S. The van der Waals surface area contributed by atoms with Gasteiger partial charge in [-0.3, -0.25) is 9.69 Å². The van der Waals surface area contributed by atoms with Crippen LogP contribution in [0.2, 0.25) is 0 Å². The highest BCUT2D eigenvalue weighted by Crippen LogP contribution is 2.38. The highest BCUT2D eigenvalue weighted by atomic mass is 32.1. The molecule has 5 aromatic rings. The molecule has 34 heavy (non-hydrogen) atoms. The highest BCUT2D eigenvalue weighted by Gasteiger charge is 2.31. The zero-order valence-electron chi connectivity index (χ0n) is 19.0. The molecule has 3 aromatic carbocycles. The first kappa shape index (κ1) is 21.9. The maximum Gasteiger partial charge on any atom is 0.241 e. The van der Waals surface area contributed by atoms with Gasteiger partial charge in [-0.2, -0.15) is 0 Å². The first-order valence-corrected chi connectivity index (χ1v) is 11.8. The summed E-state index contributed by atoms with van der Waals surface area (Å²) in [6.07, 6.45) is 1.62. The number of nitrogens with zero attached hydrogens (tertiary/aromatic N) is 2. The molecule has 0 atom stereocenters. The molecular weight excluding hydrogens is 444 g/mol. The summed E-state index contributed by atoms with van der Waals surface area (Å²) in [5, 5.41) is 0.612. The van der Waals surface area contributed by atoms with Crippen LogP contribution in [0.5, 0.6) is 5.75 Å². The van der Waals surface area contributed by atoms with Gasteiger partial charge in [0.1, 0.15) is 17.0 Å². The molecule has 0 aliphatic carbocycles. The van der Waals surface area contributed by atoms with Crippen LogP contribution in [0.15, 0.2) is 95.6 Å². The van der Waals surface area contributed by atoms with Gasteiger partial charge in [-0.05, 0) is 41.8 Å². The Morgan fingerprint density at radius 2 is 1.65 bits per heavy atom. The molecule has 2 aromatic heterocycles. The van der Waals surface area contributed by atoms with Gasteiger partial charge in [-0.15, -0.1) is 0 Å². The van der Waals surface area contributed by atoms with Gasteiger partial charge in [0, 0.05) is 0 Å². The Labute approximate surface area is 202 Å². The summed E-state index contributed by atoms with van der Waals surface area (Å²) < 4.78 is 12.2. The maximum atomic E-state index is 14.3. The topological polar surface area (TPSA) is 55.6 Å². The number of amides is 1. The Bertz CT molecular complexity index is 1360. The van der Waals surface area contributed by atoms with Crippen LogP contribution < -0.4 is 9.64 Å². The van der Waals surface area contributed by atoms with Crippen LogP contribution in [-0.4, -0.2) is 18.0 Å². The molecule has 0 radical (unpaired) electrons. The molecule has 0 bridgehead atoms. The fraction of sp³-hybridized carbons (Fsp3) is 0.143. The predicted octanol–water partition coefficient (Wildman–Crippen LogP) is 6.57. The van der Waals surface area contributed by atoms with Gasteiger partial charge in [0.15, 0.2) is 5.13 Å². The quantitative estimate of drug-likeness (QED) is 0.271. The molecule has 0 saturated carbocycles. The Kier molecular flexibility index (Phi) is 6.14. The van der Waals surface area contributed by atoms with Gasteiger partial charge in [-0.25, -0.2) is 4.98 Å². The van der Waals surface area contributed by atoms with Crippen LogP contribution in [0.1, 0.15) is 28.4 Å². The molecule has 0 fully saturated rings. The van der Waals surface area contributed by atoms with Crippen LogP contribution in [-0.2, 0) is 11.3 Å².